The van der Waals surface area contributed by atoms with Crippen molar-refractivity contribution in [2.45, 2.75) is 38.9 Å². The molecule has 1 amide bonds. The third-order valence-corrected chi connectivity index (χ3v) is 6.20. The van der Waals surface area contributed by atoms with E-state index in [1.807, 2.05) is 30.0 Å². The lowest BCUT2D eigenvalue weighted by Crippen LogP contribution is -2.51. The molecule has 0 bridgehead atoms. The van der Waals surface area contributed by atoms with Crippen LogP contribution in [0, 0.1) is 12.8 Å². The first-order chi connectivity index (χ1) is 16.2. The van der Waals surface area contributed by atoms with E-state index in [4.69, 9.17) is 0 Å². The molecule has 6 nitrogen and oxygen atoms in total. The fraction of sp³-hybridized carbons (Fsp3) is 0.360. The maximum atomic E-state index is 13.8. The zero-order chi connectivity index (χ0) is 24.3. The highest BCUT2D eigenvalue weighted by atomic mass is 19.4. The number of hydrogen-bond acceptors (Lipinski definition) is 5. The number of alkyl halides is 3. The monoisotopic (exact) mass is 469 g/mol. The summed E-state index contributed by atoms with van der Waals surface area (Å²) >= 11 is 0. The third-order valence-electron chi connectivity index (χ3n) is 6.20. The predicted molar refractivity (Wildman–Crippen MR) is 123 cm³/mol. The molecule has 1 N–H and O–H groups in total. The van der Waals surface area contributed by atoms with Gasteiger partial charge in [0.25, 0.3) is 5.91 Å². The Kier molecular flexibility index (Phi) is 6.81. The first-order valence-corrected chi connectivity index (χ1v) is 11.2. The Hall–Kier alpha value is -3.49. The molecule has 9 heteroatoms. The lowest BCUT2D eigenvalue weighted by atomic mass is 9.89. The zero-order valence-electron chi connectivity index (χ0n) is 19.0. The topological polar surface area (TPSA) is 71.0 Å². The number of aryl methyl sites for hydroxylation is 1. The van der Waals surface area contributed by atoms with Crippen molar-refractivity contribution in [3.63, 3.8) is 0 Å². The number of rotatable bonds is 5. The minimum absolute atomic E-state index is 0.0944. The van der Waals surface area contributed by atoms with Gasteiger partial charge in [0.2, 0.25) is 0 Å². The lowest BCUT2D eigenvalue weighted by Gasteiger charge is -2.40. The number of anilines is 1. The molecule has 178 valence electrons. The van der Waals surface area contributed by atoms with Crippen LogP contribution < -0.4 is 5.32 Å². The first-order valence-electron chi connectivity index (χ1n) is 11.2. The van der Waals surface area contributed by atoms with E-state index in [0.717, 1.165) is 36.2 Å². The summed E-state index contributed by atoms with van der Waals surface area (Å²) in [5.74, 6) is 0.460. The normalized spacial score (nSPS) is 18.6. The number of nitrogens with zero attached hydrogens (tertiary/aromatic N) is 4. The molecule has 2 aromatic heterocycles. The van der Waals surface area contributed by atoms with Crippen molar-refractivity contribution in [3.8, 4) is 11.3 Å². The molecule has 0 spiro atoms. The average molecular weight is 470 g/mol. The fourth-order valence-corrected chi connectivity index (χ4v) is 4.34. The predicted octanol–water partition coefficient (Wildman–Crippen LogP) is 5.22. The Balaban J connectivity index is 1.57. The van der Waals surface area contributed by atoms with Crippen LogP contribution in [0.25, 0.3) is 11.3 Å². The minimum atomic E-state index is -4.43. The van der Waals surface area contributed by atoms with Crippen LogP contribution in [-0.2, 0) is 6.18 Å². The van der Waals surface area contributed by atoms with Crippen molar-refractivity contribution >= 4 is 11.7 Å². The molecule has 1 aliphatic rings. The summed E-state index contributed by atoms with van der Waals surface area (Å²) in [4.78, 5) is 28.0. The summed E-state index contributed by atoms with van der Waals surface area (Å²) in [7, 11) is 0. The molecule has 0 saturated carbocycles. The molecule has 1 saturated heterocycles. The van der Waals surface area contributed by atoms with Crippen LogP contribution in [0.3, 0.4) is 0 Å². The number of halogens is 3. The number of aromatic nitrogens is 3. The van der Waals surface area contributed by atoms with Crippen molar-refractivity contribution in [3.05, 3.63) is 71.8 Å². The van der Waals surface area contributed by atoms with Crippen molar-refractivity contribution in [2.24, 2.45) is 5.92 Å². The number of carbonyl (C=O) groups is 1. The van der Waals surface area contributed by atoms with E-state index in [1.54, 1.807) is 18.6 Å². The van der Waals surface area contributed by atoms with E-state index in [-0.39, 0.29) is 17.9 Å². The molecular weight excluding hydrogens is 443 g/mol. The highest BCUT2D eigenvalue weighted by Gasteiger charge is 2.34. The lowest BCUT2D eigenvalue weighted by molar-refractivity contribution is -0.137. The fourth-order valence-electron chi connectivity index (χ4n) is 4.34. The van der Waals surface area contributed by atoms with Crippen LogP contribution in [0.15, 0.2) is 55.1 Å². The minimum Gasteiger partial charge on any atom is -0.368 e. The van der Waals surface area contributed by atoms with Crippen molar-refractivity contribution in [1.29, 1.82) is 0 Å². The molecule has 34 heavy (non-hydrogen) atoms. The van der Waals surface area contributed by atoms with Gasteiger partial charge in [0.15, 0.2) is 0 Å². The van der Waals surface area contributed by atoms with Gasteiger partial charge in [0.05, 0.1) is 23.5 Å². The summed E-state index contributed by atoms with van der Waals surface area (Å²) in [6, 6.07) is 7.88. The Bertz CT molecular complexity index is 1140. The molecule has 1 aromatic carbocycles. The highest BCUT2D eigenvalue weighted by Crippen LogP contribution is 2.31. The number of hydrogen-bond donors (Lipinski definition) is 1. The molecular formula is C25H26F3N5O. The number of piperidine rings is 1. The van der Waals surface area contributed by atoms with Crippen LogP contribution in [0.5, 0.6) is 0 Å². The molecule has 3 aromatic rings. The smallest absolute Gasteiger partial charge is 0.368 e. The Morgan fingerprint density at radius 3 is 2.65 bits per heavy atom. The Labute approximate surface area is 196 Å². The summed E-state index contributed by atoms with van der Waals surface area (Å²) in [6.07, 6.45) is 3.04. The molecule has 2 atom stereocenters. The summed E-state index contributed by atoms with van der Waals surface area (Å²) in [6.45, 7) is 5.01. The molecule has 1 fully saturated rings. The quantitative estimate of drug-likeness (QED) is 0.555. The van der Waals surface area contributed by atoms with Gasteiger partial charge in [0, 0.05) is 42.8 Å². The Morgan fingerprint density at radius 2 is 1.97 bits per heavy atom. The second-order valence-electron chi connectivity index (χ2n) is 8.64. The van der Waals surface area contributed by atoms with E-state index in [1.165, 1.54) is 6.07 Å². The van der Waals surface area contributed by atoms with E-state index in [9.17, 15) is 18.0 Å². The SMILES string of the molecule is Cc1ccc(-c2cnccn2)c(C(=O)N2CCC[C@@H](C)[C@H]2CNc2ccc(C(F)(F)F)cn2)c1. The van der Waals surface area contributed by atoms with Crippen LogP contribution in [-0.4, -0.2) is 44.9 Å². The van der Waals surface area contributed by atoms with Gasteiger partial charge in [-0.2, -0.15) is 13.2 Å². The van der Waals surface area contributed by atoms with Crippen molar-refractivity contribution < 1.29 is 18.0 Å². The van der Waals surface area contributed by atoms with Gasteiger partial charge >= 0.3 is 6.18 Å². The van der Waals surface area contributed by atoms with Gasteiger partial charge in [-0.15, -0.1) is 0 Å². The zero-order valence-corrected chi connectivity index (χ0v) is 19.0. The van der Waals surface area contributed by atoms with Crippen LogP contribution in [0.2, 0.25) is 0 Å². The molecule has 3 heterocycles. The maximum Gasteiger partial charge on any atom is 0.417 e. The number of pyridine rings is 1. The first kappa shape index (κ1) is 23.7. The largest absolute Gasteiger partial charge is 0.417 e. The van der Waals surface area contributed by atoms with E-state index in [0.29, 0.717) is 30.2 Å². The summed E-state index contributed by atoms with van der Waals surface area (Å²) in [5, 5.41) is 3.12. The van der Waals surface area contributed by atoms with E-state index < -0.39 is 11.7 Å². The molecule has 0 aliphatic carbocycles. The number of carbonyl (C=O) groups excluding carboxylic acids is 1. The van der Waals surface area contributed by atoms with Gasteiger partial charge in [0.1, 0.15) is 5.82 Å². The molecule has 0 radical (unpaired) electrons. The molecule has 0 unspecified atom stereocenters. The number of benzene rings is 1. The number of amides is 1. The van der Waals surface area contributed by atoms with Crippen LogP contribution >= 0.6 is 0 Å². The average Bonchev–Trinajstić information content (AvgIpc) is 2.83. The third kappa shape index (κ3) is 5.18. The molecule has 4 rings (SSSR count). The number of nitrogens with one attached hydrogen (secondary N) is 1. The van der Waals surface area contributed by atoms with E-state index in [2.05, 4.69) is 27.2 Å². The van der Waals surface area contributed by atoms with Crippen molar-refractivity contribution in [2.75, 3.05) is 18.4 Å². The second kappa shape index (κ2) is 9.79. The van der Waals surface area contributed by atoms with Gasteiger partial charge in [-0.25, -0.2) is 4.98 Å². The maximum absolute atomic E-state index is 13.8. The van der Waals surface area contributed by atoms with Gasteiger partial charge in [-0.1, -0.05) is 24.6 Å². The van der Waals surface area contributed by atoms with Gasteiger partial charge < -0.3 is 10.2 Å². The van der Waals surface area contributed by atoms with Crippen molar-refractivity contribution in [1.82, 2.24) is 19.9 Å². The van der Waals surface area contributed by atoms with Gasteiger partial charge in [-0.3, -0.25) is 14.8 Å². The summed E-state index contributed by atoms with van der Waals surface area (Å²) < 4.78 is 38.5. The number of likely N-dealkylation sites (tertiary alicyclic amines) is 1. The van der Waals surface area contributed by atoms with Gasteiger partial charge in [-0.05, 0) is 43.9 Å². The molecule has 1 aliphatic heterocycles. The standard InChI is InChI=1S/C25H26F3N5O/c1-16-5-7-19(21-14-29-9-10-30-21)20(12-16)24(34)33-11-3-4-17(2)22(33)15-32-23-8-6-18(13-31-23)25(26,27)28/h5-10,12-14,17,22H,3-4,11,15H2,1-2H3,(H,31,32)/t17-,22-/m1/s1. The Morgan fingerprint density at radius 1 is 1.15 bits per heavy atom. The van der Waals surface area contributed by atoms with Crippen LogP contribution in [0.4, 0.5) is 19.0 Å². The van der Waals surface area contributed by atoms with E-state index >= 15 is 0 Å². The second-order valence-corrected chi connectivity index (χ2v) is 8.64. The van der Waals surface area contributed by atoms with Crippen LogP contribution in [0.1, 0.15) is 41.3 Å². The highest BCUT2D eigenvalue weighted by molar-refractivity contribution is 6.01. The summed E-state index contributed by atoms with van der Waals surface area (Å²) in [5.41, 5.74) is 2.08.